The van der Waals surface area contributed by atoms with Crippen LogP contribution in [0.5, 0.6) is 5.88 Å². The molecule has 0 fully saturated rings. The van der Waals surface area contributed by atoms with Crippen molar-refractivity contribution in [3.63, 3.8) is 0 Å². The zero-order chi connectivity index (χ0) is 17.6. The van der Waals surface area contributed by atoms with E-state index in [2.05, 4.69) is 17.0 Å². The molecule has 4 heterocycles. The first-order valence-electron chi connectivity index (χ1n) is 7.75. The second kappa shape index (κ2) is 6.20. The summed E-state index contributed by atoms with van der Waals surface area (Å²) >= 11 is 3.39. The van der Waals surface area contributed by atoms with Gasteiger partial charge >= 0.3 is 5.97 Å². The first-order valence-corrected chi connectivity index (χ1v) is 9.51. The maximum absolute atomic E-state index is 11.8. The van der Waals surface area contributed by atoms with Gasteiger partial charge in [0.25, 0.3) is 0 Å². The Bertz CT molecular complexity index is 947. The molecule has 4 rings (SSSR count). The lowest BCUT2D eigenvalue weighted by molar-refractivity contribution is 0.0688. The molecule has 1 N–H and O–H groups in total. The van der Waals surface area contributed by atoms with Crippen molar-refractivity contribution in [3.8, 4) is 22.8 Å². The van der Waals surface area contributed by atoms with Gasteiger partial charge in [0.15, 0.2) is 5.69 Å². The number of carbonyl (C=O) groups is 1. The number of pyridine rings is 1. The van der Waals surface area contributed by atoms with E-state index in [-0.39, 0.29) is 10.9 Å². The number of ether oxygens (including phenoxy) is 1. The summed E-state index contributed by atoms with van der Waals surface area (Å²) in [6.07, 6.45) is 2.48. The van der Waals surface area contributed by atoms with E-state index in [0.717, 1.165) is 23.2 Å². The number of fused-ring (bicyclic) bond motifs is 3. The van der Waals surface area contributed by atoms with Crippen LogP contribution in [0.2, 0.25) is 0 Å². The Morgan fingerprint density at radius 2 is 2.24 bits per heavy atom. The van der Waals surface area contributed by atoms with E-state index in [1.54, 1.807) is 47.2 Å². The number of methoxy groups -OCH3 is 1. The smallest absolute Gasteiger partial charge is 0.356 e. The molecular weight excluding hydrogens is 358 g/mol. The van der Waals surface area contributed by atoms with Crippen molar-refractivity contribution in [2.45, 2.75) is 22.8 Å². The highest BCUT2D eigenvalue weighted by atomic mass is 32.2. The van der Waals surface area contributed by atoms with E-state index in [4.69, 9.17) is 4.74 Å². The summed E-state index contributed by atoms with van der Waals surface area (Å²) in [7, 11) is 1.56. The van der Waals surface area contributed by atoms with Gasteiger partial charge < -0.3 is 9.84 Å². The highest BCUT2D eigenvalue weighted by Crippen LogP contribution is 2.54. The highest BCUT2D eigenvalue weighted by molar-refractivity contribution is 8.01. The molecule has 0 radical (unpaired) electrons. The standard InChI is InChI=1S/C17H15N3O3S2/c1-3-11-13-14(16(21)22)19-20(9-4-5-12(23-2)18-8-9)15(13)10-6-7-24-17(10)25-11/h4-8,11H,3H2,1-2H3,(H,21,22). The maximum Gasteiger partial charge on any atom is 0.356 e. The third kappa shape index (κ3) is 2.52. The number of nitrogens with zero attached hydrogens (tertiary/aromatic N) is 3. The number of hydrogen-bond donors (Lipinski definition) is 1. The number of aromatic nitrogens is 3. The van der Waals surface area contributed by atoms with Crippen LogP contribution in [0.25, 0.3) is 16.9 Å². The Morgan fingerprint density at radius 3 is 2.88 bits per heavy atom. The van der Waals surface area contributed by atoms with Crippen LogP contribution in [0.15, 0.2) is 34.0 Å². The molecule has 25 heavy (non-hydrogen) atoms. The van der Waals surface area contributed by atoms with E-state index in [1.807, 2.05) is 17.5 Å². The number of thiophene rings is 1. The fourth-order valence-corrected chi connectivity index (χ4v) is 5.41. The number of carboxylic acid groups (broad SMARTS) is 1. The average molecular weight is 373 g/mol. The first-order chi connectivity index (χ1) is 12.1. The van der Waals surface area contributed by atoms with Crippen LogP contribution in [-0.4, -0.2) is 33.0 Å². The summed E-state index contributed by atoms with van der Waals surface area (Å²) in [5.74, 6) is -0.504. The molecule has 0 aliphatic carbocycles. The van der Waals surface area contributed by atoms with Gasteiger partial charge in [-0.05, 0) is 23.9 Å². The molecule has 0 bridgehead atoms. The van der Waals surface area contributed by atoms with E-state index < -0.39 is 5.97 Å². The molecule has 0 saturated carbocycles. The highest BCUT2D eigenvalue weighted by Gasteiger charge is 2.35. The zero-order valence-corrected chi connectivity index (χ0v) is 15.2. The Balaban J connectivity index is 1.99. The molecular formula is C17H15N3O3S2. The Labute approximate surface area is 152 Å². The van der Waals surface area contributed by atoms with Crippen molar-refractivity contribution >= 4 is 29.1 Å². The summed E-state index contributed by atoms with van der Waals surface area (Å²) in [5.41, 5.74) is 3.50. The molecule has 1 atom stereocenters. The fraction of sp³-hybridized carbons (Fsp3) is 0.235. The van der Waals surface area contributed by atoms with Gasteiger partial charge in [0.1, 0.15) is 0 Å². The molecule has 3 aromatic heterocycles. The van der Waals surface area contributed by atoms with Gasteiger partial charge in [-0.3, -0.25) is 0 Å². The third-order valence-electron chi connectivity index (χ3n) is 4.13. The second-order valence-electron chi connectivity index (χ2n) is 5.52. The quantitative estimate of drug-likeness (QED) is 0.736. The lowest BCUT2D eigenvalue weighted by Gasteiger charge is -2.22. The lowest BCUT2D eigenvalue weighted by Crippen LogP contribution is -2.06. The van der Waals surface area contributed by atoms with Crippen molar-refractivity contribution < 1.29 is 14.6 Å². The monoisotopic (exact) mass is 373 g/mol. The largest absolute Gasteiger partial charge is 0.481 e. The number of carboxylic acids is 1. The molecule has 0 aromatic carbocycles. The van der Waals surface area contributed by atoms with Crippen LogP contribution < -0.4 is 4.74 Å². The van der Waals surface area contributed by atoms with Gasteiger partial charge in [-0.25, -0.2) is 14.5 Å². The van der Waals surface area contributed by atoms with Gasteiger partial charge in [0.05, 0.1) is 28.9 Å². The van der Waals surface area contributed by atoms with Gasteiger partial charge in [-0.2, -0.15) is 5.10 Å². The number of hydrogen-bond acceptors (Lipinski definition) is 6. The van der Waals surface area contributed by atoms with Gasteiger partial charge in [-0.1, -0.05) is 6.92 Å². The molecule has 3 aromatic rings. The van der Waals surface area contributed by atoms with E-state index in [1.165, 1.54) is 4.21 Å². The summed E-state index contributed by atoms with van der Waals surface area (Å²) in [4.78, 5) is 16.0. The van der Waals surface area contributed by atoms with Crippen LogP contribution >= 0.6 is 23.1 Å². The first kappa shape index (κ1) is 16.2. The fourth-order valence-electron chi connectivity index (χ4n) is 3.00. The molecule has 1 aliphatic heterocycles. The SMILES string of the molecule is CCC1Sc2sccc2-c2c1c(C(=O)O)nn2-c1ccc(OC)nc1. The summed E-state index contributed by atoms with van der Waals surface area (Å²) in [5, 5.41) is 16.2. The average Bonchev–Trinajstić information content (AvgIpc) is 3.25. The Kier molecular flexibility index (Phi) is 4.01. The molecule has 6 nitrogen and oxygen atoms in total. The summed E-state index contributed by atoms with van der Waals surface area (Å²) < 4.78 is 7.99. The predicted octanol–water partition coefficient (Wildman–Crippen LogP) is 4.26. The number of rotatable bonds is 4. The number of aromatic carboxylic acids is 1. The van der Waals surface area contributed by atoms with Gasteiger partial charge in [0, 0.05) is 22.4 Å². The molecule has 8 heteroatoms. The van der Waals surface area contributed by atoms with Crippen molar-refractivity contribution in [1.29, 1.82) is 0 Å². The second-order valence-corrected chi connectivity index (χ2v) is 7.91. The normalized spacial score (nSPS) is 15.5. The minimum atomic E-state index is -1.01. The molecule has 0 amide bonds. The summed E-state index contributed by atoms with van der Waals surface area (Å²) in [6, 6.07) is 5.60. The van der Waals surface area contributed by atoms with Crippen LogP contribution in [0.4, 0.5) is 0 Å². The topological polar surface area (TPSA) is 77.2 Å². The van der Waals surface area contributed by atoms with Crippen LogP contribution in [0, 0.1) is 0 Å². The van der Waals surface area contributed by atoms with E-state index >= 15 is 0 Å². The minimum absolute atomic E-state index is 0.0761. The van der Waals surface area contributed by atoms with Gasteiger partial charge in [0.2, 0.25) is 5.88 Å². The van der Waals surface area contributed by atoms with Crippen LogP contribution in [0.3, 0.4) is 0 Å². The van der Waals surface area contributed by atoms with Crippen LogP contribution in [0.1, 0.15) is 34.6 Å². The molecule has 128 valence electrons. The van der Waals surface area contributed by atoms with Crippen molar-refractivity contribution in [1.82, 2.24) is 14.8 Å². The summed E-state index contributed by atoms with van der Waals surface area (Å²) in [6.45, 7) is 2.07. The molecule has 0 saturated heterocycles. The van der Waals surface area contributed by atoms with Crippen molar-refractivity contribution in [3.05, 3.63) is 41.0 Å². The Morgan fingerprint density at radius 1 is 1.40 bits per heavy atom. The molecule has 1 aliphatic rings. The van der Waals surface area contributed by atoms with Gasteiger partial charge in [-0.15, -0.1) is 23.1 Å². The minimum Gasteiger partial charge on any atom is -0.481 e. The maximum atomic E-state index is 11.8. The van der Waals surface area contributed by atoms with Crippen molar-refractivity contribution in [2.75, 3.05) is 7.11 Å². The van der Waals surface area contributed by atoms with E-state index in [0.29, 0.717) is 11.6 Å². The molecule has 0 spiro atoms. The molecule has 1 unspecified atom stereocenters. The van der Waals surface area contributed by atoms with E-state index in [9.17, 15) is 9.90 Å². The lowest BCUT2D eigenvalue weighted by atomic mass is 10.0. The van der Waals surface area contributed by atoms with Crippen molar-refractivity contribution in [2.24, 2.45) is 0 Å². The Hall–Kier alpha value is -2.32. The van der Waals surface area contributed by atoms with Crippen LogP contribution in [-0.2, 0) is 0 Å². The zero-order valence-electron chi connectivity index (χ0n) is 13.6. The predicted molar refractivity (Wildman–Crippen MR) is 97.1 cm³/mol. The number of thioether (sulfide) groups is 1. The third-order valence-corrected chi connectivity index (χ3v) is 6.70.